The molecule has 0 unspecified atom stereocenters. The van der Waals surface area contributed by atoms with Crippen molar-refractivity contribution in [1.29, 1.82) is 0 Å². The van der Waals surface area contributed by atoms with Gasteiger partial charge in [0.2, 0.25) is 5.88 Å². The van der Waals surface area contributed by atoms with Crippen LogP contribution in [0.1, 0.15) is 31.9 Å². The van der Waals surface area contributed by atoms with Crippen molar-refractivity contribution in [2.75, 3.05) is 46.4 Å². The largest absolute Gasteiger partial charge is 0.476 e. The highest BCUT2D eigenvalue weighted by Crippen LogP contribution is 2.25. The molecule has 0 aliphatic carbocycles. The Morgan fingerprint density at radius 2 is 1.86 bits per heavy atom. The number of piperazine rings is 1. The molecule has 0 N–H and O–H groups in total. The smallest absolute Gasteiger partial charge is 0.216 e. The zero-order valence-electron chi connectivity index (χ0n) is 14.1. The summed E-state index contributed by atoms with van der Waals surface area (Å²) < 4.78 is 5.87. The number of likely N-dealkylation sites (N-methyl/N-ethyl adjacent to an activating group) is 1. The molecular weight excluding hydrogens is 262 g/mol. The maximum absolute atomic E-state index is 5.87. The van der Waals surface area contributed by atoms with Gasteiger partial charge in [0, 0.05) is 44.5 Å². The van der Waals surface area contributed by atoms with Gasteiger partial charge in [-0.15, -0.1) is 0 Å². The average molecular weight is 291 g/mol. The minimum Gasteiger partial charge on any atom is -0.476 e. The topological polar surface area (TPSA) is 28.6 Å². The lowest BCUT2D eigenvalue weighted by Crippen LogP contribution is -2.45. The van der Waals surface area contributed by atoms with E-state index in [-0.39, 0.29) is 5.41 Å². The number of hydrogen-bond donors (Lipinski definition) is 0. The highest BCUT2D eigenvalue weighted by Gasteiger charge is 2.16. The Morgan fingerprint density at radius 3 is 2.43 bits per heavy atom. The van der Waals surface area contributed by atoms with E-state index in [9.17, 15) is 0 Å². The van der Waals surface area contributed by atoms with Crippen LogP contribution in [0, 0.1) is 6.92 Å². The van der Waals surface area contributed by atoms with Crippen molar-refractivity contribution in [2.24, 2.45) is 0 Å². The highest BCUT2D eigenvalue weighted by atomic mass is 16.5. The molecule has 1 aliphatic heterocycles. The molecule has 1 aromatic rings. The van der Waals surface area contributed by atoms with Gasteiger partial charge in [-0.3, -0.25) is 4.90 Å². The number of rotatable bonds is 4. The van der Waals surface area contributed by atoms with Gasteiger partial charge < -0.3 is 9.64 Å². The number of nitrogens with zero attached hydrogens (tertiary/aromatic N) is 3. The molecule has 4 heteroatoms. The molecule has 0 radical (unpaired) electrons. The van der Waals surface area contributed by atoms with E-state index < -0.39 is 0 Å². The van der Waals surface area contributed by atoms with Crippen molar-refractivity contribution < 1.29 is 4.74 Å². The van der Waals surface area contributed by atoms with E-state index >= 15 is 0 Å². The minimum atomic E-state index is 0.135. The fraction of sp³-hybridized carbons (Fsp3) is 0.706. The molecule has 118 valence electrons. The molecule has 0 aromatic carbocycles. The summed E-state index contributed by atoms with van der Waals surface area (Å²) >= 11 is 0. The number of ether oxygens (including phenoxy) is 1. The zero-order chi connectivity index (χ0) is 15.5. The lowest BCUT2D eigenvalue weighted by molar-refractivity contribution is 0.132. The molecule has 1 aromatic heterocycles. The molecular formula is C17H29N3O. The van der Waals surface area contributed by atoms with E-state index in [2.05, 4.69) is 55.6 Å². The molecule has 21 heavy (non-hydrogen) atoms. The van der Waals surface area contributed by atoms with Crippen LogP contribution in [0.5, 0.6) is 5.88 Å². The van der Waals surface area contributed by atoms with Crippen LogP contribution in [-0.4, -0.2) is 61.2 Å². The van der Waals surface area contributed by atoms with Crippen LogP contribution in [-0.2, 0) is 5.41 Å². The zero-order valence-corrected chi connectivity index (χ0v) is 14.1. The molecule has 2 heterocycles. The molecule has 0 atom stereocenters. The molecule has 2 rings (SSSR count). The Balaban J connectivity index is 1.83. The van der Waals surface area contributed by atoms with Gasteiger partial charge in [0.05, 0.1) is 0 Å². The SMILES string of the molecule is Cc1cc(C(C)(C)C)cnc1OCCN1CCN(C)CC1. The van der Waals surface area contributed by atoms with E-state index in [0.717, 1.165) is 44.2 Å². The average Bonchev–Trinajstić information content (AvgIpc) is 2.41. The minimum absolute atomic E-state index is 0.135. The summed E-state index contributed by atoms with van der Waals surface area (Å²) in [5, 5.41) is 0. The Bertz CT molecular complexity index is 460. The van der Waals surface area contributed by atoms with Crippen LogP contribution in [0.4, 0.5) is 0 Å². The number of pyridine rings is 1. The third-order valence-corrected chi connectivity index (χ3v) is 4.14. The Morgan fingerprint density at radius 1 is 1.19 bits per heavy atom. The van der Waals surface area contributed by atoms with Crippen LogP contribution in [0.25, 0.3) is 0 Å². The normalized spacial score (nSPS) is 18.0. The second kappa shape index (κ2) is 6.75. The van der Waals surface area contributed by atoms with Gasteiger partial charge >= 0.3 is 0 Å². The van der Waals surface area contributed by atoms with Gasteiger partial charge in [-0.2, -0.15) is 0 Å². The molecule has 1 saturated heterocycles. The lowest BCUT2D eigenvalue weighted by atomic mass is 9.88. The third kappa shape index (κ3) is 4.68. The van der Waals surface area contributed by atoms with Gasteiger partial charge in [0.1, 0.15) is 6.61 Å². The van der Waals surface area contributed by atoms with Crippen LogP contribution >= 0.6 is 0 Å². The van der Waals surface area contributed by atoms with Gasteiger partial charge in [-0.05, 0) is 31.0 Å². The maximum atomic E-state index is 5.87. The summed E-state index contributed by atoms with van der Waals surface area (Å²) in [4.78, 5) is 9.32. The first kappa shape index (κ1) is 16.2. The molecule has 0 spiro atoms. The highest BCUT2D eigenvalue weighted by molar-refractivity contribution is 5.31. The van der Waals surface area contributed by atoms with Crippen LogP contribution in [0.3, 0.4) is 0 Å². The van der Waals surface area contributed by atoms with Crippen molar-refractivity contribution in [3.63, 3.8) is 0 Å². The number of hydrogen-bond acceptors (Lipinski definition) is 4. The standard InChI is InChI=1S/C17H29N3O/c1-14-12-15(17(2,3)4)13-18-16(14)21-11-10-20-8-6-19(5)7-9-20/h12-13H,6-11H2,1-5H3. The van der Waals surface area contributed by atoms with Gasteiger partial charge in [0.15, 0.2) is 0 Å². The quantitative estimate of drug-likeness (QED) is 0.851. The van der Waals surface area contributed by atoms with E-state index in [1.807, 2.05) is 6.20 Å². The van der Waals surface area contributed by atoms with Gasteiger partial charge in [-0.1, -0.05) is 20.8 Å². The molecule has 0 bridgehead atoms. The van der Waals surface area contributed by atoms with Crippen molar-refractivity contribution in [3.05, 3.63) is 23.4 Å². The van der Waals surface area contributed by atoms with Crippen LogP contribution in [0.2, 0.25) is 0 Å². The van der Waals surface area contributed by atoms with E-state index in [0.29, 0.717) is 6.61 Å². The van der Waals surface area contributed by atoms with Crippen molar-refractivity contribution >= 4 is 0 Å². The Hall–Kier alpha value is -1.13. The second-order valence-corrected chi connectivity index (χ2v) is 7.09. The monoisotopic (exact) mass is 291 g/mol. The summed E-state index contributed by atoms with van der Waals surface area (Å²) in [6.45, 7) is 15.0. The van der Waals surface area contributed by atoms with E-state index in [4.69, 9.17) is 4.74 Å². The lowest BCUT2D eigenvalue weighted by Gasteiger charge is -2.32. The second-order valence-electron chi connectivity index (χ2n) is 7.09. The third-order valence-electron chi connectivity index (χ3n) is 4.14. The fourth-order valence-electron chi connectivity index (χ4n) is 2.47. The van der Waals surface area contributed by atoms with Crippen molar-refractivity contribution in [3.8, 4) is 5.88 Å². The van der Waals surface area contributed by atoms with Gasteiger partial charge in [-0.25, -0.2) is 4.98 Å². The van der Waals surface area contributed by atoms with Crippen molar-refractivity contribution in [1.82, 2.24) is 14.8 Å². The number of aromatic nitrogens is 1. The molecule has 1 aliphatic rings. The van der Waals surface area contributed by atoms with E-state index in [1.54, 1.807) is 0 Å². The number of aryl methyl sites for hydroxylation is 1. The predicted molar refractivity (Wildman–Crippen MR) is 87.1 cm³/mol. The first-order chi connectivity index (χ1) is 9.86. The maximum Gasteiger partial charge on any atom is 0.216 e. The Labute approximate surface area is 129 Å². The first-order valence-electron chi connectivity index (χ1n) is 7.87. The summed E-state index contributed by atoms with van der Waals surface area (Å²) in [6.07, 6.45) is 1.94. The predicted octanol–water partition coefficient (Wildman–Crippen LogP) is 2.31. The molecule has 4 nitrogen and oxygen atoms in total. The van der Waals surface area contributed by atoms with E-state index in [1.165, 1.54) is 5.56 Å². The Kier molecular flexibility index (Phi) is 5.22. The van der Waals surface area contributed by atoms with Crippen LogP contribution < -0.4 is 4.74 Å². The molecule has 0 amide bonds. The molecule has 0 saturated carbocycles. The van der Waals surface area contributed by atoms with Crippen molar-refractivity contribution in [2.45, 2.75) is 33.1 Å². The molecule has 1 fully saturated rings. The summed E-state index contributed by atoms with van der Waals surface area (Å²) in [7, 11) is 2.18. The van der Waals surface area contributed by atoms with Gasteiger partial charge in [0.25, 0.3) is 0 Å². The first-order valence-corrected chi connectivity index (χ1v) is 7.87. The summed E-state index contributed by atoms with van der Waals surface area (Å²) in [6, 6.07) is 2.19. The fourth-order valence-corrected chi connectivity index (χ4v) is 2.47. The summed E-state index contributed by atoms with van der Waals surface area (Å²) in [5.74, 6) is 0.775. The van der Waals surface area contributed by atoms with Crippen LogP contribution in [0.15, 0.2) is 12.3 Å². The summed E-state index contributed by atoms with van der Waals surface area (Å²) in [5.41, 5.74) is 2.52.